The zero-order chi connectivity index (χ0) is 15.4. The first-order chi connectivity index (χ1) is 9.07. The maximum absolute atomic E-state index is 12.2. The van der Waals surface area contributed by atoms with Crippen LogP contribution in [-0.2, 0) is 14.2 Å². The van der Waals surface area contributed by atoms with Gasteiger partial charge in [0.25, 0.3) is 0 Å². The molecule has 20 heavy (non-hydrogen) atoms. The van der Waals surface area contributed by atoms with E-state index in [1.807, 2.05) is 13.8 Å². The molecule has 1 fully saturated rings. The third-order valence-corrected chi connectivity index (χ3v) is 3.13. The van der Waals surface area contributed by atoms with Gasteiger partial charge in [0, 0.05) is 13.0 Å². The van der Waals surface area contributed by atoms with Crippen molar-refractivity contribution in [2.24, 2.45) is 0 Å². The van der Waals surface area contributed by atoms with Crippen LogP contribution in [0.4, 0.5) is 13.2 Å². The third kappa shape index (κ3) is 7.45. The SMILES string of the molecule is CC(C)OC1CCOC(CC(C)(C)OCC(F)(F)F)C1. The Bertz CT molecular complexity index is 290. The van der Waals surface area contributed by atoms with Crippen LogP contribution in [-0.4, -0.2) is 43.3 Å². The molecule has 0 N–H and O–H groups in total. The molecule has 2 unspecified atom stereocenters. The van der Waals surface area contributed by atoms with Crippen LogP contribution in [0.1, 0.15) is 47.0 Å². The summed E-state index contributed by atoms with van der Waals surface area (Å²) in [4.78, 5) is 0. The Morgan fingerprint density at radius 2 is 1.90 bits per heavy atom. The van der Waals surface area contributed by atoms with Crippen LogP contribution in [0, 0.1) is 0 Å². The maximum Gasteiger partial charge on any atom is 0.411 e. The molecule has 0 saturated carbocycles. The molecule has 3 nitrogen and oxygen atoms in total. The van der Waals surface area contributed by atoms with E-state index in [0.717, 1.165) is 6.42 Å². The Hall–Kier alpha value is -0.330. The van der Waals surface area contributed by atoms with Gasteiger partial charge in [-0.05, 0) is 40.5 Å². The smallest absolute Gasteiger partial charge is 0.378 e. The van der Waals surface area contributed by atoms with E-state index in [2.05, 4.69) is 0 Å². The lowest BCUT2D eigenvalue weighted by Gasteiger charge is -2.35. The Kier molecular flexibility index (Phi) is 6.28. The second-order valence-corrected chi connectivity index (χ2v) is 6.19. The summed E-state index contributed by atoms with van der Waals surface area (Å²) in [6.07, 6.45) is -2.18. The second kappa shape index (κ2) is 7.09. The number of hydrogen-bond acceptors (Lipinski definition) is 3. The van der Waals surface area contributed by atoms with Crippen molar-refractivity contribution >= 4 is 0 Å². The number of rotatable bonds is 6. The summed E-state index contributed by atoms with van der Waals surface area (Å²) in [5.74, 6) is 0. The number of hydrogen-bond donors (Lipinski definition) is 0. The summed E-state index contributed by atoms with van der Waals surface area (Å²) in [7, 11) is 0. The fourth-order valence-corrected chi connectivity index (χ4v) is 2.38. The van der Waals surface area contributed by atoms with Crippen LogP contribution < -0.4 is 0 Å². The Morgan fingerprint density at radius 1 is 1.25 bits per heavy atom. The van der Waals surface area contributed by atoms with Crippen molar-refractivity contribution in [2.75, 3.05) is 13.2 Å². The van der Waals surface area contributed by atoms with Gasteiger partial charge in [-0.25, -0.2) is 0 Å². The summed E-state index contributed by atoms with van der Waals surface area (Å²) >= 11 is 0. The van der Waals surface area contributed by atoms with E-state index in [9.17, 15) is 13.2 Å². The van der Waals surface area contributed by atoms with Crippen LogP contribution in [0.3, 0.4) is 0 Å². The van der Waals surface area contributed by atoms with E-state index in [1.54, 1.807) is 13.8 Å². The van der Waals surface area contributed by atoms with Crippen molar-refractivity contribution in [1.29, 1.82) is 0 Å². The second-order valence-electron chi connectivity index (χ2n) is 6.19. The quantitative estimate of drug-likeness (QED) is 0.748. The van der Waals surface area contributed by atoms with Crippen molar-refractivity contribution in [2.45, 2.75) is 77.0 Å². The minimum Gasteiger partial charge on any atom is -0.378 e. The molecule has 1 saturated heterocycles. The lowest BCUT2D eigenvalue weighted by Crippen LogP contribution is -2.39. The molecule has 1 aliphatic heterocycles. The van der Waals surface area contributed by atoms with E-state index in [-0.39, 0.29) is 18.3 Å². The highest BCUT2D eigenvalue weighted by molar-refractivity contribution is 4.80. The number of halogens is 3. The molecule has 6 heteroatoms. The van der Waals surface area contributed by atoms with Crippen LogP contribution in [0.5, 0.6) is 0 Å². The van der Waals surface area contributed by atoms with E-state index in [1.165, 1.54) is 0 Å². The van der Waals surface area contributed by atoms with Gasteiger partial charge in [0.2, 0.25) is 0 Å². The van der Waals surface area contributed by atoms with E-state index in [0.29, 0.717) is 19.4 Å². The average Bonchev–Trinajstić information content (AvgIpc) is 2.24. The molecule has 1 heterocycles. The van der Waals surface area contributed by atoms with Gasteiger partial charge in [-0.15, -0.1) is 0 Å². The highest BCUT2D eigenvalue weighted by Gasteiger charge is 2.35. The highest BCUT2D eigenvalue weighted by atomic mass is 19.4. The summed E-state index contributed by atoms with van der Waals surface area (Å²) in [6, 6.07) is 0. The van der Waals surface area contributed by atoms with Gasteiger partial charge in [0.1, 0.15) is 6.61 Å². The van der Waals surface area contributed by atoms with Crippen molar-refractivity contribution in [1.82, 2.24) is 0 Å². The largest absolute Gasteiger partial charge is 0.411 e. The van der Waals surface area contributed by atoms with Crippen LogP contribution in [0.2, 0.25) is 0 Å². The lowest BCUT2D eigenvalue weighted by atomic mass is 9.94. The van der Waals surface area contributed by atoms with Crippen LogP contribution in [0.15, 0.2) is 0 Å². The first-order valence-electron chi connectivity index (χ1n) is 7.05. The molecule has 1 aliphatic rings. The molecule has 120 valence electrons. The first kappa shape index (κ1) is 17.7. The molecule has 0 aromatic heterocycles. The van der Waals surface area contributed by atoms with Gasteiger partial charge >= 0.3 is 6.18 Å². The minimum atomic E-state index is -4.30. The molecule has 1 rings (SSSR count). The fraction of sp³-hybridized carbons (Fsp3) is 1.00. The predicted molar refractivity (Wildman–Crippen MR) is 69.7 cm³/mol. The average molecular weight is 298 g/mol. The highest BCUT2D eigenvalue weighted by Crippen LogP contribution is 2.28. The molecule has 2 atom stereocenters. The van der Waals surface area contributed by atoms with Crippen molar-refractivity contribution < 1.29 is 27.4 Å². The van der Waals surface area contributed by atoms with Gasteiger partial charge in [0.05, 0.1) is 23.9 Å². The first-order valence-corrected chi connectivity index (χ1v) is 7.05. The summed E-state index contributed by atoms with van der Waals surface area (Å²) in [5.41, 5.74) is -0.861. The van der Waals surface area contributed by atoms with Crippen molar-refractivity contribution in [3.05, 3.63) is 0 Å². The monoisotopic (exact) mass is 298 g/mol. The number of alkyl halides is 3. The van der Waals surface area contributed by atoms with Crippen LogP contribution >= 0.6 is 0 Å². The zero-order valence-electron chi connectivity index (χ0n) is 12.6. The molecular formula is C14H25F3O3. The van der Waals surface area contributed by atoms with Gasteiger partial charge in [0.15, 0.2) is 0 Å². The summed E-state index contributed by atoms with van der Waals surface area (Å²) < 4.78 is 52.9. The molecule has 0 aromatic rings. The van der Waals surface area contributed by atoms with E-state index >= 15 is 0 Å². The fourth-order valence-electron chi connectivity index (χ4n) is 2.38. The lowest BCUT2D eigenvalue weighted by molar-refractivity contribution is -0.207. The van der Waals surface area contributed by atoms with Gasteiger partial charge in [-0.1, -0.05) is 0 Å². The Labute approximate surface area is 118 Å². The number of ether oxygens (including phenoxy) is 3. The van der Waals surface area contributed by atoms with Gasteiger partial charge < -0.3 is 14.2 Å². The predicted octanol–water partition coefficient (Wildman–Crippen LogP) is 3.71. The minimum absolute atomic E-state index is 0.115. The molecule has 0 aliphatic carbocycles. The molecule has 0 aromatic carbocycles. The maximum atomic E-state index is 12.2. The van der Waals surface area contributed by atoms with E-state index in [4.69, 9.17) is 14.2 Å². The van der Waals surface area contributed by atoms with Crippen molar-refractivity contribution in [3.8, 4) is 0 Å². The molecule has 0 amide bonds. The summed E-state index contributed by atoms with van der Waals surface area (Å²) in [6.45, 7) is 6.63. The topological polar surface area (TPSA) is 27.7 Å². The summed E-state index contributed by atoms with van der Waals surface area (Å²) in [5, 5.41) is 0. The normalized spacial score (nSPS) is 25.2. The van der Waals surface area contributed by atoms with Gasteiger partial charge in [-0.2, -0.15) is 13.2 Å². The Morgan fingerprint density at radius 3 is 2.45 bits per heavy atom. The zero-order valence-corrected chi connectivity index (χ0v) is 12.6. The van der Waals surface area contributed by atoms with Crippen LogP contribution in [0.25, 0.3) is 0 Å². The molecule has 0 radical (unpaired) electrons. The molecule has 0 spiro atoms. The third-order valence-electron chi connectivity index (χ3n) is 3.13. The van der Waals surface area contributed by atoms with Gasteiger partial charge in [-0.3, -0.25) is 0 Å². The van der Waals surface area contributed by atoms with E-state index < -0.39 is 18.4 Å². The molecule has 0 bridgehead atoms. The standard InChI is InChI=1S/C14H25F3O3/c1-10(2)20-11-5-6-18-12(7-11)8-13(3,4)19-9-14(15,16)17/h10-12H,5-9H2,1-4H3. The van der Waals surface area contributed by atoms with Crippen molar-refractivity contribution in [3.63, 3.8) is 0 Å². The Balaban J connectivity index is 2.41. The molecular weight excluding hydrogens is 273 g/mol.